The molecule has 0 saturated carbocycles. The van der Waals surface area contributed by atoms with E-state index in [0.717, 1.165) is 11.1 Å². The van der Waals surface area contributed by atoms with Gasteiger partial charge in [-0.05, 0) is 36.1 Å². The van der Waals surface area contributed by atoms with E-state index in [1.54, 1.807) is 12.1 Å². The molecule has 122 valence electrons. The van der Waals surface area contributed by atoms with E-state index in [9.17, 15) is 9.18 Å². The quantitative estimate of drug-likeness (QED) is 0.842. The fraction of sp³-hybridized carbons (Fsp3) is 0.350. The highest BCUT2D eigenvalue weighted by Crippen LogP contribution is 2.25. The molecule has 2 aromatic rings. The third-order valence-corrected chi connectivity index (χ3v) is 4.10. The first kappa shape index (κ1) is 17.4. The van der Waals surface area contributed by atoms with Crippen LogP contribution in [0.3, 0.4) is 0 Å². The van der Waals surface area contributed by atoms with E-state index in [-0.39, 0.29) is 17.6 Å². The number of hydrogen-bond acceptors (Lipinski definition) is 2. The number of carbonyl (C=O) groups is 1. The van der Waals surface area contributed by atoms with Gasteiger partial charge in [0.1, 0.15) is 11.6 Å². The van der Waals surface area contributed by atoms with E-state index < -0.39 is 5.41 Å². The molecular weight excluding hydrogens is 289 g/mol. The van der Waals surface area contributed by atoms with Gasteiger partial charge >= 0.3 is 0 Å². The lowest BCUT2D eigenvalue weighted by atomic mass is 9.79. The molecule has 0 bridgehead atoms. The molecular formula is C20H24FNO. The molecule has 0 fully saturated rings. The standard InChI is InChI=1S/C20H24FNO/c1-20(2,14-16-8-10-17(21)11-9-16)19(23)13-18(22)12-15-6-4-3-5-7-15/h3-11,18H,12-14,22H2,1-2H3. The molecule has 23 heavy (non-hydrogen) atoms. The number of benzene rings is 2. The zero-order valence-corrected chi connectivity index (χ0v) is 13.8. The second kappa shape index (κ2) is 7.51. The largest absolute Gasteiger partial charge is 0.327 e. The van der Waals surface area contributed by atoms with Crippen molar-refractivity contribution in [1.29, 1.82) is 0 Å². The van der Waals surface area contributed by atoms with Gasteiger partial charge in [0.05, 0.1) is 0 Å². The summed E-state index contributed by atoms with van der Waals surface area (Å²) in [5, 5.41) is 0. The monoisotopic (exact) mass is 313 g/mol. The molecule has 0 aliphatic rings. The first-order valence-corrected chi connectivity index (χ1v) is 7.94. The molecule has 2 aromatic carbocycles. The average Bonchev–Trinajstić information content (AvgIpc) is 2.50. The van der Waals surface area contributed by atoms with Gasteiger partial charge in [0.25, 0.3) is 0 Å². The lowest BCUT2D eigenvalue weighted by Crippen LogP contribution is -2.34. The van der Waals surface area contributed by atoms with E-state index in [1.165, 1.54) is 12.1 Å². The van der Waals surface area contributed by atoms with Gasteiger partial charge in [-0.1, -0.05) is 56.3 Å². The van der Waals surface area contributed by atoms with E-state index in [4.69, 9.17) is 5.73 Å². The molecule has 2 N–H and O–H groups in total. The normalized spacial score (nSPS) is 12.9. The summed E-state index contributed by atoms with van der Waals surface area (Å²) >= 11 is 0. The molecule has 0 saturated heterocycles. The molecule has 0 amide bonds. The number of hydrogen-bond donors (Lipinski definition) is 1. The molecule has 3 heteroatoms. The van der Waals surface area contributed by atoms with E-state index in [1.807, 2.05) is 44.2 Å². The third-order valence-electron chi connectivity index (χ3n) is 4.10. The molecule has 2 rings (SSSR count). The molecule has 1 atom stereocenters. The van der Waals surface area contributed by atoms with Crippen molar-refractivity contribution in [3.63, 3.8) is 0 Å². The maximum absolute atomic E-state index is 13.0. The zero-order chi connectivity index (χ0) is 16.9. The molecule has 1 unspecified atom stereocenters. The van der Waals surface area contributed by atoms with Crippen LogP contribution in [0.15, 0.2) is 54.6 Å². The van der Waals surface area contributed by atoms with Gasteiger partial charge in [0, 0.05) is 17.9 Å². The van der Waals surface area contributed by atoms with Gasteiger partial charge < -0.3 is 5.73 Å². The highest BCUT2D eigenvalue weighted by atomic mass is 19.1. The van der Waals surface area contributed by atoms with Gasteiger partial charge in [0.2, 0.25) is 0 Å². The van der Waals surface area contributed by atoms with Crippen molar-refractivity contribution in [2.24, 2.45) is 11.1 Å². The van der Waals surface area contributed by atoms with Crippen molar-refractivity contribution < 1.29 is 9.18 Å². The van der Waals surface area contributed by atoms with Crippen molar-refractivity contribution in [3.05, 3.63) is 71.5 Å². The van der Waals surface area contributed by atoms with Crippen LogP contribution in [0.25, 0.3) is 0 Å². The van der Waals surface area contributed by atoms with Crippen molar-refractivity contribution in [2.75, 3.05) is 0 Å². The maximum atomic E-state index is 13.0. The molecule has 0 aromatic heterocycles. The summed E-state index contributed by atoms with van der Waals surface area (Å²) in [4.78, 5) is 12.6. The highest BCUT2D eigenvalue weighted by Gasteiger charge is 2.28. The fourth-order valence-corrected chi connectivity index (χ4v) is 2.71. The molecule has 0 spiro atoms. The van der Waals surface area contributed by atoms with Gasteiger partial charge in [-0.15, -0.1) is 0 Å². The number of carbonyl (C=O) groups excluding carboxylic acids is 1. The van der Waals surface area contributed by atoms with Crippen LogP contribution >= 0.6 is 0 Å². The fourth-order valence-electron chi connectivity index (χ4n) is 2.71. The Balaban J connectivity index is 1.93. The predicted molar refractivity (Wildman–Crippen MR) is 91.6 cm³/mol. The Morgan fingerprint density at radius 2 is 1.65 bits per heavy atom. The predicted octanol–water partition coefficient (Wildman–Crippen LogP) is 3.92. The zero-order valence-electron chi connectivity index (χ0n) is 13.8. The van der Waals surface area contributed by atoms with E-state index in [0.29, 0.717) is 19.3 Å². The number of ketones is 1. The molecule has 0 aliphatic heterocycles. The summed E-state index contributed by atoms with van der Waals surface area (Å²) in [6.07, 6.45) is 1.63. The Morgan fingerprint density at radius 3 is 2.26 bits per heavy atom. The van der Waals surface area contributed by atoms with Crippen molar-refractivity contribution in [3.8, 4) is 0 Å². The second-order valence-corrected chi connectivity index (χ2v) is 6.76. The van der Waals surface area contributed by atoms with Crippen molar-refractivity contribution in [2.45, 2.75) is 39.2 Å². The minimum absolute atomic E-state index is 0.144. The molecule has 0 radical (unpaired) electrons. The maximum Gasteiger partial charge on any atom is 0.140 e. The lowest BCUT2D eigenvalue weighted by Gasteiger charge is -2.25. The summed E-state index contributed by atoms with van der Waals surface area (Å²) in [6, 6.07) is 16.1. The molecule has 0 aliphatic carbocycles. The number of halogens is 1. The van der Waals surface area contributed by atoms with Crippen LogP contribution in [-0.2, 0) is 17.6 Å². The van der Waals surface area contributed by atoms with Crippen LogP contribution in [0, 0.1) is 11.2 Å². The van der Waals surface area contributed by atoms with Gasteiger partial charge in [-0.25, -0.2) is 4.39 Å². The number of Topliss-reactive ketones (excluding diaryl/α,β-unsaturated/α-hetero) is 1. The highest BCUT2D eigenvalue weighted by molar-refractivity contribution is 5.84. The van der Waals surface area contributed by atoms with Crippen LogP contribution in [0.5, 0.6) is 0 Å². The lowest BCUT2D eigenvalue weighted by molar-refractivity contribution is -0.127. The van der Waals surface area contributed by atoms with Crippen LogP contribution < -0.4 is 5.73 Å². The minimum atomic E-state index is -0.508. The number of rotatable bonds is 7. The van der Waals surface area contributed by atoms with Crippen LogP contribution in [-0.4, -0.2) is 11.8 Å². The summed E-state index contributed by atoms with van der Waals surface area (Å²) in [6.45, 7) is 3.85. The Bertz CT molecular complexity index is 634. The summed E-state index contributed by atoms with van der Waals surface area (Å²) in [5.74, 6) is -0.118. The van der Waals surface area contributed by atoms with Gasteiger partial charge in [0.15, 0.2) is 0 Å². The summed E-state index contributed by atoms with van der Waals surface area (Å²) in [7, 11) is 0. The van der Waals surface area contributed by atoms with Crippen molar-refractivity contribution >= 4 is 5.78 Å². The van der Waals surface area contributed by atoms with Gasteiger partial charge in [-0.2, -0.15) is 0 Å². The Labute approximate surface area is 137 Å². The Kier molecular flexibility index (Phi) is 5.67. The first-order valence-electron chi connectivity index (χ1n) is 7.94. The smallest absolute Gasteiger partial charge is 0.140 e. The topological polar surface area (TPSA) is 43.1 Å². The van der Waals surface area contributed by atoms with Crippen molar-refractivity contribution in [1.82, 2.24) is 0 Å². The SMILES string of the molecule is CC(C)(Cc1ccc(F)cc1)C(=O)CC(N)Cc1ccccc1. The second-order valence-electron chi connectivity index (χ2n) is 6.76. The molecule has 0 heterocycles. The summed E-state index contributed by atoms with van der Waals surface area (Å²) in [5.41, 5.74) is 7.74. The van der Waals surface area contributed by atoms with Crippen LogP contribution in [0.2, 0.25) is 0 Å². The number of nitrogens with two attached hydrogens (primary N) is 1. The average molecular weight is 313 g/mol. The summed E-state index contributed by atoms with van der Waals surface area (Å²) < 4.78 is 13.0. The Morgan fingerprint density at radius 1 is 1.04 bits per heavy atom. The molecule has 2 nitrogen and oxygen atoms in total. The van der Waals surface area contributed by atoms with E-state index in [2.05, 4.69) is 0 Å². The third kappa shape index (κ3) is 5.29. The Hall–Kier alpha value is -2.00. The van der Waals surface area contributed by atoms with E-state index >= 15 is 0 Å². The first-order chi connectivity index (χ1) is 10.9. The van der Waals surface area contributed by atoms with Crippen LogP contribution in [0.4, 0.5) is 4.39 Å². The van der Waals surface area contributed by atoms with Gasteiger partial charge in [-0.3, -0.25) is 4.79 Å². The minimum Gasteiger partial charge on any atom is -0.327 e. The van der Waals surface area contributed by atoms with Crippen LogP contribution in [0.1, 0.15) is 31.4 Å².